The molecule has 15 aromatic rings. The Morgan fingerprint density at radius 3 is 0.891 bits per heavy atom. The van der Waals surface area contributed by atoms with Gasteiger partial charge in [0.1, 0.15) is 0 Å². The first-order valence-corrected chi connectivity index (χ1v) is 56.3. The molecule has 5 heterocycles. The van der Waals surface area contributed by atoms with E-state index in [9.17, 15) is 0 Å². The van der Waals surface area contributed by atoms with Gasteiger partial charge in [0.15, 0.2) is 16.5 Å². The average Bonchev–Trinajstić information content (AvgIpc) is 1.61. The zero-order valence-corrected chi connectivity index (χ0v) is 76.8. The van der Waals surface area contributed by atoms with E-state index in [1.54, 1.807) is 0 Å². The molecule has 0 saturated carbocycles. The zero-order chi connectivity index (χ0) is 77.8. The lowest BCUT2D eigenvalue weighted by Gasteiger charge is -2.24. The number of nitrogens with zero attached hydrogens (tertiary/aromatic N) is 5. The Morgan fingerprint density at radius 1 is 0.291 bits per heavy atom. The molecule has 0 spiro atoms. The van der Waals surface area contributed by atoms with Gasteiger partial charge in [-0.2, -0.15) is 0 Å². The van der Waals surface area contributed by atoms with Crippen molar-refractivity contribution in [2.45, 2.75) is 175 Å². The van der Waals surface area contributed by atoms with Crippen LogP contribution in [-0.4, -0.2) is 54.8 Å². The van der Waals surface area contributed by atoms with E-state index >= 15 is 0 Å². The summed E-state index contributed by atoms with van der Waals surface area (Å²) in [4.78, 5) is 0. The predicted molar refractivity (Wildman–Crippen MR) is 497 cm³/mol. The molecule has 560 valence electrons. The summed E-state index contributed by atoms with van der Waals surface area (Å²) in [5.41, 5.74) is 39.5. The Morgan fingerprint density at radius 2 is 0.545 bits per heavy atom. The van der Waals surface area contributed by atoms with Gasteiger partial charge in [0.2, 0.25) is 0 Å². The van der Waals surface area contributed by atoms with E-state index in [0.717, 1.165) is 45.5 Å². The quantitative estimate of drug-likeness (QED) is 0.148. The Bertz CT molecular complexity index is 6200. The van der Waals surface area contributed by atoms with E-state index < -0.39 is 32.6 Å². The molecule has 5 aliphatic rings. The zero-order valence-electron chi connectivity index (χ0n) is 68.0. The van der Waals surface area contributed by atoms with E-state index in [4.69, 9.17) is 0 Å². The molecule has 0 aliphatic heterocycles. The van der Waals surface area contributed by atoms with Crippen LogP contribution in [-0.2, 0) is 62.3 Å². The lowest BCUT2D eigenvalue weighted by Crippen LogP contribution is -2.33. The van der Waals surface area contributed by atoms with Gasteiger partial charge in [0.25, 0.3) is 0 Å². The number of aromatic nitrogens is 5. The van der Waals surface area contributed by atoms with E-state index in [0.29, 0.717) is 0 Å². The van der Waals surface area contributed by atoms with Crippen LogP contribution < -0.4 is 0 Å². The Balaban J connectivity index is 0.000000105. The topological polar surface area (TPSA) is 24.6 Å². The van der Waals surface area contributed by atoms with Crippen LogP contribution in [0.5, 0.6) is 0 Å². The standard InChI is InChI=1S/C23H29NSi.C22H27NSi.C19H20BrNSi.C18H18BrNSi.C16H12BrN/c1-23(2,3)17-11-12-20-19(14-17)22-18-10-8-7-9-16(18)13-21(22)24(20)15-25(4,5)6;1-22(2,3)16-11-12-19-18(14-16)21-17-10-8-7-9-15(17)13-20(21)23(19)24(4,5)6;1-22(2,3)12-21-17-9-8-14(20)11-16(17)19-15-7-5-4-6-13(15)10-18(19)21;1-21(2,3)20-16-9-8-13(19)11-15(16)18-14-7-5-4-6-12(14)10-17(18)20;1-18-14-7-6-11(17)9-13(14)16-12-5-3-2-4-10(12)8-15(16)18/h7-12,14H,13,15H2,1-6H3;7-12,14H,13H2,1-6H3;4-9,11H,10,12H2,1-3H3;4-9,11H,10H2,1-3H3;2-7,9H,8H2,1H3. The van der Waals surface area contributed by atoms with Crippen LogP contribution in [0.15, 0.2) is 226 Å². The maximum absolute atomic E-state index is 3.65. The number of hydrogen-bond acceptors (Lipinski definition) is 0. The highest BCUT2D eigenvalue weighted by atomic mass is 79.9. The monoisotopic (exact) mass is 1700 g/mol. The number of benzene rings is 10. The smallest absolute Gasteiger partial charge is 0.153 e. The second-order valence-corrected chi connectivity index (χ2v) is 61.3. The Labute approximate surface area is 682 Å². The number of fused-ring (bicyclic) bond motifs is 25. The lowest BCUT2D eigenvalue weighted by atomic mass is 9.86. The van der Waals surface area contributed by atoms with Gasteiger partial charge < -0.3 is 22.2 Å². The molecule has 0 fully saturated rings. The number of rotatable bonds is 6. The summed E-state index contributed by atoms with van der Waals surface area (Å²) in [6.45, 7) is 43.2. The van der Waals surface area contributed by atoms with Crippen molar-refractivity contribution in [2.24, 2.45) is 7.05 Å². The van der Waals surface area contributed by atoms with Crippen LogP contribution in [0.3, 0.4) is 0 Å². The van der Waals surface area contributed by atoms with Crippen LogP contribution in [0.25, 0.3) is 110 Å². The van der Waals surface area contributed by atoms with Crippen molar-refractivity contribution < 1.29 is 0 Å². The Kier molecular flexibility index (Phi) is 19.5. The third-order valence-electron chi connectivity index (χ3n) is 23.2. The van der Waals surface area contributed by atoms with Crippen LogP contribution in [0.2, 0.25) is 78.6 Å². The van der Waals surface area contributed by atoms with Crippen molar-refractivity contribution >= 4 is 135 Å². The number of halogens is 3. The van der Waals surface area contributed by atoms with Gasteiger partial charge in [-0.05, 0) is 156 Å². The fourth-order valence-electron chi connectivity index (χ4n) is 18.6. The van der Waals surface area contributed by atoms with Gasteiger partial charge in [0, 0.05) is 176 Å². The minimum Gasteiger partial charge on any atom is -0.371 e. The summed E-state index contributed by atoms with van der Waals surface area (Å²) >= 11 is 10.9. The molecule has 110 heavy (non-hydrogen) atoms. The molecule has 0 saturated heterocycles. The van der Waals surface area contributed by atoms with Gasteiger partial charge >= 0.3 is 0 Å². The summed E-state index contributed by atoms with van der Waals surface area (Å²) in [7, 11) is -3.18. The van der Waals surface area contributed by atoms with Crippen molar-refractivity contribution in [2.75, 3.05) is 0 Å². The van der Waals surface area contributed by atoms with Crippen molar-refractivity contribution in [1.29, 1.82) is 0 Å². The highest BCUT2D eigenvalue weighted by Gasteiger charge is 2.36. The van der Waals surface area contributed by atoms with Gasteiger partial charge in [-0.1, -0.05) is 301 Å². The van der Waals surface area contributed by atoms with Crippen molar-refractivity contribution in [1.82, 2.24) is 22.2 Å². The molecule has 0 bridgehead atoms. The highest BCUT2D eigenvalue weighted by Crippen LogP contribution is 2.51. The Hall–Kier alpha value is -7.79. The summed E-state index contributed by atoms with van der Waals surface area (Å²) in [6, 6.07) is 78.7. The number of aryl methyl sites for hydroxylation is 1. The van der Waals surface area contributed by atoms with Gasteiger partial charge in [-0.15, -0.1) is 0 Å². The third kappa shape index (κ3) is 13.9. The summed E-state index contributed by atoms with van der Waals surface area (Å²) in [6.07, 6.45) is 7.74. The fraction of sp³-hybridized carbons (Fsp3) is 0.286. The first-order chi connectivity index (χ1) is 52.0. The summed E-state index contributed by atoms with van der Waals surface area (Å²) in [5.74, 6) is 0. The molecule has 0 atom stereocenters. The van der Waals surface area contributed by atoms with E-state index in [2.05, 4.69) is 409 Å². The van der Waals surface area contributed by atoms with Gasteiger partial charge in [0.05, 0.1) is 16.1 Å². The van der Waals surface area contributed by atoms with Crippen LogP contribution in [0.1, 0.15) is 109 Å². The molecule has 5 nitrogen and oxygen atoms in total. The van der Waals surface area contributed by atoms with Gasteiger partial charge in [-0.25, -0.2) is 0 Å². The maximum atomic E-state index is 3.65. The van der Waals surface area contributed by atoms with Crippen LogP contribution in [0, 0.1) is 0 Å². The van der Waals surface area contributed by atoms with E-state index in [1.807, 2.05) is 0 Å². The minimum atomic E-state index is -1.49. The van der Waals surface area contributed by atoms with E-state index in [1.165, 1.54) is 190 Å². The number of hydrogen-bond donors (Lipinski definition) is 0. The maximum Gasteiger partial charge on any atom is 0.153 e. The molecule has 12 heteroatoms. The van der Waals surface area contributed by atoms with Crippen molar-refractivity contribution in [3.63, 3.8) is 0 Å². The van der Waals surface area contributed by atoms with Crippen molar-refractivity contribution in [3.8, 4) is 55.6 Å². The van der Waals surface area contributed by atoms with E-state index in [-0.39, 0.29) is 10.8 Å². The molecule has 5 aliphatic carbocycles. The average molecular weight is 1710 g/mol. The van der Waals surface area contributed by atoms with Crippen LogP contribution in [0.4, 0.5) is 0 Å². The SMILES string of the molecule is CC(C)(C)c1ccc2c(c1)c1c(n2C[Si](C)(C)C)Cc2ccccc2-1.CC(C)(C)c1ccc2c(c1)c1c(n2[Si](C)(C)C)Cc2ccccc2-1.C[Si](C)(C)Cn1c2c(c3cc(Br)ccc31)-c1ccccc1C2.C[Si](C)(C)n1c2c(c3cc(Br)ccc31)-c1ccccc1C2.Cn1c2c(c3cc(Br)ccc31)-c1ccccc1C2. The second-order valence-electron chi connectivity index (χ2n) is 38.1. The lowest BCUT2D eigenvalue weighted by molar-refractivity contribution is 0.591. The van der Waals surface area contributed by atoms with Crippen molar-refractivity contribution in [3.05, 3.63) is 293 Å². The molecule has 0 amide bonds. The summed E-state index contributed by atoms with van der Waals surface area (Å²) < 4.78 is 16.4. The second kappa shape index (κ2) is 28.1. The fourth-order valence-corrected chi connectivity index (χ4v) is 26.1. The normalized spacial score (nSPS) is 13.6. The van der Waals surface area contributed by atoms with Gasteiger partial charge in [-0.3, -0.25) is 0 Å². The highest BCUT2D eigenvalue weighted by molar-refractivity contribution is 9.11. The predicted octanol–water partition coefficient (Wildman–Crippen LogP) is 28.6. The molecule has 10 aromatic carbocycles. The molecule has 0 radical (unpaired) electrons. The molecule has 0 N–H and O–H groups in total. The molecule has 20 rings (SSSR count). The molecule has 5 aromatic heterocycles. The molecular formula is C98H106Br3N5Si4. The first-order valence-electron chi connectivity index (χ1n) is 39.6. The molecular weight excluding hydrogens is 1600 g/mol. The molecule has 0 unspecified atom stereocenters. The third-order valence-corrected chi connectivity index (χ3v) is 31.0. The minimum absolute atomic E-state index is 0.181. The van der Waals surface area contributed by atoms with Crippen LogP contribution >= 0.6 is 47.8 Å². The first kappa shape index (κ1) is 76.2. The summed E-state index contributed by atoms with van der Waals surface area (Å²) in [5, 5.41) is 7.04. The largest absolute Gasteiger partial charge is 0.371 e.